The molecule has 1 aliphatic heterocycles. The first-order chi connectivity index (χ1) is 14.9. The van der Waals surface area contributed by atoms with Gasteiger partial charge < -0.3 is 14.7 Å². The van der Waals surface area contributed by atoms with Gasteiger partial charge in [0.15, 0.2) is 9.84 Å². The van der Waals surface area contributed by atoms with Crippen LogP contribution in [0.4, 0.5) is 16.2 Å². The van der Waals surface area contributed by atoms with Gasteiger partial charge in [-0.3, -0.25) is 4.90 Å². The third kappa shape index (κ3) is 4.56. The van der Waals surface area contributed by atoms with Crippen LogP contribution in [0.3, 0.4) is 0 Å². The summed E-state index contributed by atoms with van der Waals surface area (Å²) in [6.07, 6.45) is -0.525. The van der Waals surface area contributed by atoms with Crippen molar-refractivity contribution in [3.05, 3.63) is 42.0 Å². The van der Waals surface area contributed by atoms with Gasteiger partial charge >= 0.3 is 6.09 Å². The highest BCUT2D eigenvalue weighted by molar-refractivity contribution is 7.90. The van der Waals surface area contributed by atoms with Crippen molar-refractivity contribution in [3.8, 4) is 17.2 Å². The van der Waals surface area contributed by atoms with E-state index < -0.39 is 22.2 Å². The normalized spacial score (nSPS) is 17.0. The van der Waals surface area contributed by atoms with Crippen molar-refractivity contribution in [1.29, 1.82) is 5.26 Å². The van der Waals surface area contributed by atoms with Gasteiger partial charge in [0.05, 0.1) is 34.0 Å². The van der Waals surface area contributed by atoms with Crippen molar-refractivity contribution in [3.63, 3.8) is 0 Å². The lowest BCUT2D eigenvalue weighted by Gasteiger charge is -2.43. The van der Waals surface area contributed by atoms with Crippen molar-refractivity contribution < 1.29 is 23.1 Å². The molecular formula is C23H27N3O5S. The second-order valence-corrected chi connectivity index (χ2v) is 10.2. The maximum Gasteiger partial charge on any atom is 0.414 e. The molecule has 0 spiro atoms. The molecule has 0 aliphatic carbocycles. The number of sulfone groups is 1. The molecule has 1 unspecified atom stereocenters. The summed E-state index contributed by atoms with van der Waals surface area (Å²) in [5.41, 5.74) is 2.58. The van der Waals surface area contributed by atoms with Gasteiger partial charge in [-0.1, -0.05) is 12.1 Å². The molecule has 0 saturated heterocycles. The van der Waals surface area contributed by atoms with E-state index in [-0.39, 0.29) is 17.0 Å². The van der Waals surface area contributed by atoms with E-state index in [0.29, 0.717) is 34.6 Å². The zero-order valence-corrected chi connectivity index (χ0v) is 19.5. The molecule has 8 nitrogen and oxygen atoms in total. The van der Waals surface area contributed by atoms with Gasteiger partial charge in [-0.25, -0.2) is 13.2 Å². The Balaban J connectivity index is 2.20. The van der Waals surface area contributed by atoms with Gasteiger partial charge in [0, 0.05) is 24.4 Å². The molecule has 0 aromatic heterocycles. The van der Waals surface area contributed by atoms with Crippen molar-refractivity contribution in [2.75, 3.05) is 22.6 Å². The zero-order chi connectivity index (χ0) is 23.8. The summed E-state index contributed by atoms with van der Waals surface area (Å²) in [5.74, 6) is 0. The van der Waals surface area contributed by atoms with Crippen LogP contribution in [0.1, 0.15) is 33.3 Å². The van der Waals surface area contributed by atoms with E-state index in [1.165, 1.54) is 17.0 Å². The van der Waals surface area contributed by atoms with Crippen LogP contribution < -0.4 is 9.80 Å². The van der Waals surface area contributed by atoms with Crippen LogP contribution in [0, 0.1) is 11.3 Å². The number of amides is 1. The average molecular weight is 458 g/mol. The van der Waals surface area contributed by atoms with Crippen LogP contribution >= 0.6 is 0 Å². The Labute approximate surface area is 188 Å². The zero-order valence-electron chi connectivity index (χ0n) is 18.7. The van der Waals surface area contributed by atoms with Crippen LogP contribution in [0.25, 0.3) is 11.1 Å². The Morgan fingerprint density at radius 2 is 1.81 bits per heavy atom. The summed E-state index contributed by atoms with van der Waals surface area (Å²) in [6, 6.07) is 11.6. The van der Waals surface area contributed by atoms with E-state index in [0.717, 1.165) is 6.26 Å². The summed E-state index contributed by atoms with van der Waals surface area (Å²) in [7, 11) is -3.36. The smallest absolute Gasteiger partial charge is 0.414 e. The minimum atomic E-state index is -3.36. The maximum atomic E-state index is 12.8. The van der Waals surface area contributed by atoms with Crippen LogP contribution in [0.15, 0.2) is 41.3 Å². The molecule has 170 valence electrons. The third-order valence-electron chi connectivity index (χ3n) is 5.28. The maximum absolute atomic E-state index is 12.8. The highest BCUT2D eigenvalue weighted by Crippen LogP contribution is 2.41. The second kappa shape index (κ2) is 8.81. The van der Waals surface area contributed by atoms with E-state index in [4.69, 9.17) is 4.74 Å². The number of nitrogens with zero attached hydrogens (tertiary/aromatic N) is 3. The van der Waals surface area contributed by atoms with Gasteiger partial charge in [-0.05, 0) is 57.5 Å². The fraction of sp³-hybridized carbons (Fsp3) is 0.391. The monoisotopic (exact) mass is 457 g/mol. The predicted octanol–water partition coefficient (Wildman–Crippen LogP) is 3.53. The number of carbonyl (C=O) groups excluding carboxylic acids is 1. The number of ether oxygens (including phenoxy) is 1. The first kappa shape index (κ1) is 23.6. The first-order valence-electron chi connectivity index (χ1n) is 10.3. The molecule has 3 rings (SSSR count). The molecule has 32 heavy (non-hydrogen) atoms. The van der Waals surface area contributed by atoms with Crippen molar-refractivity contribution in [1.82, 2.24) is 0 Å². The largest absolute Gasteiger partial charge is 0.446 e. The van der Waals surface area contributed by atoms with Crippen LogP contribution in [0.5, 0.6) is 0 Å². The Morgan fingerprint density at radius 3 is 2.31 bits per heavy atom. The Kier molecular flexibility index (Phi) is 6.49. The number of aliphatic hydroxyl groups is 1. The molecule has 1 amide bonds. The van der Waals surface area contributed by atoms with Crippen LogP contribution in [-0.4, -0.2) is 50.8 Å². The van der Waals surface area contributed by atoms with Crippen molar-refractivity contribution in [2.24, 2.45) is 0 Å². The third-order valence-corrected chi connectivity index (χ3v) is 6.41. The summed E-state index contributed by atoms with van der Waals surface area (Å²) in [5, 5.41) is 20.2. The summed E-state index contributed by atoms with van der Waals surface area (Å²) >= 11 is 0. The highest BCUT2D eigenvalue weighted by atomic mass is 32.2. The minimum Gasteiger partial charge on any atom is -0.446 e. The first-order valence-corrected chi connectivity index (χ1v) is 12.2. The molecule has 1 heterocycles. The molecule has 2 aromatic carbocycles. The van der Waals surface area contributed by atoms with Crippen molar-refractivity contribution in [2.45, 2.75) is 51.0 Å². The average Bonchev–Trinajstić information content (AvgIpc) is 2.70. The Hall–Kier alpha value is -3.09. The number of hydrogen-bond acceptors (Lipinski definition) is 7. The lowest BCUT2D eigenvalue weighted by atomic mass is 9.96. The lowest BCUT2D eigenvalue weighted by molar-refractivity contribution is 0.120. The Bertz CT molecular complexity index is 1170. The predicted molar refractivity (Wildman–Crippen MR) is 122 cm³/mol. The molecule has 1 N–H and O–H groups in total. The second-order valence-electron chi connectivity index (χ2n) is 8.23. The van der Waals surface area contributed by atoms with E-state index in [9.17, 15) is 23.6 Å². The number of nitriles is 1. The standard InChI is InChI=1S/C23H27N3O5S/c1-14(2)31-23(28)25-13-15(3)26(16(4)27)22-10-18(12-24)20(11-21(22)25)17-6-8-19(9-7-17)32(5,29)30/h6-11,14-16,27H,13H2,1-5H3/t15-,16?/m0/s1. The molecule has 0 saturated carbocycles. The number of hydrogen-bond donors (Lipinski definition) is 1. The number of rotatable bonds is 4. The molecule has 9 heteroatoms. The van der Waals surface area contributed by atoms with Gasteiger partial charge in [0.2, 0.25) is 0 Å². The van der Waals surface area contributed by atoms with E-state index >= 15 is 0 Å². The fourth-order valence-electron chi connectivity index (χ4n) is 3.91. The SMILES string of the molecule is CC(C)OC(=O)N1C[C@H](C)N(C(C)O)c2cc(C#N)c(-c3ccc(S(C)(=O)=O)cc3)cc21. The Morgan fingerprint density at radius 1 is 1.19 bits per heavy atom. The summed E-state index contributed by atoms with van der Waals surface area (Å²) in [4.78, 5) is 16.3. The minimum absolute atomic E-state index is 0.175. The summed E-state index contributed by atoms with van der Waals surface area (Å²) < 4.78 is 29.0. The van der Waals surface area contributed by atoms with Crippen LogP contribution in [0.2, 0.25) is 0 Å². The van der Waals surface area contributed by atoms with Gasteiger partial charge in [-0.2, -0.15) is 5.26 Å². The number of carbonyl (C=O) groups is 1. The molecule has 2 atom stereocenters. The molecular weight excluding hydrogens is 430 g/mol. The van der Waals surface area contributed by atoms with Gasteiger partial charge in [0.25, 0.3) is 0 Å². The van der Waals surface area contributed by atoms with E-state index in [2.05, 4.69) is 6.07 Å². The highest BCUT2D eigenvalue weighted by Gasteiger charge is 2.35. The molecule has 0 radical (unpaired) electrons. The quantitative estimate of drug-likeness (QED) is 0.748. The molecule has 0 fully saturated rings. The fourth-order valence-corrected chi connectivity index (χ4v) is 4.54. The van der Waals surface area contributed by atoms with Gasteiger partial charge in [0.1, 0.15) is 6.23 Å². The van der Waals surface area contributed by atoms with E-state index in [1.54, 1.807) is 49.9 Å². The summed E-state index contributed by atoms with van der Waals surface area (Å²) in [6.45, 7) is 7.34. The van der Waals surface area contributed by atoms with Crippen molar-refractivity contribution >= 4 is 27.3 Å². The van der Waals surface area contributed by atoms with Gasteiger partial charge in [-0.15, -0.1) is 0 Å². The molecule has 2 aromatic rings. The van der Waals surface area contributed by atoms with Crippen LogP contribution in [-0.2, 0) is 14.6 Å². The molecule has 1 aliphatic rings. The topological polar surface area (TPSA) is 111 Å². The van der Waals surface area contributed by atoms with E-state index in [1.807, 2.05) is 6.92 Å². The lowest BCUT2D eigenvalue weighted by Crippen LogP contribution is -2.53. The number of fused-ring (bicyclic) bond motifs is 1. The number of benzene rings is 2. The number of anilines is 2. The number of aliphatic hydroxyl groups excluding tert-OH is 1. The molecule has 0 bridgehead atoms.